The number of halogens is 2. The van der Waals surface area contributed by atoms with Crippen LogP contribution >= 0.6 is 34.5 Å². The van der Waals surface area contributed by atoms with E-state index in [1.807, 2.05) is 30.0 Å². The predicted molar refractivity (Wildman–Crippen MR) is 148 cm³/mol. The molecule has 1 amide bonds. The Morgan fingerprint density at radius 3 is 2.58 bits per heavy atom. The summed E-state index contributed by atoms with van der Waals surface area (Å²) in [4.78, 5) is 23.8. The molecule has 2 fully saturated rings. The first kappa shape index (κ1) is 26.2. The van der Waals surface area contributed by atoms with Gasteiger partial charge in [0.2, 0.25) is 5.91 Å². The Hall–Kier alpha value is -1.38. The number of benzene rings is 1. The van der Waals surface area contributed by atoms with Crippen LogP contribution in [0.4, 0.5) is 10.8 Å². The third-order valence-electron chi connectivity index (χ3n) is 8.96. The van der Waals surface area contributed by atoms with Gasteiger partial charge in [-0.15, -0.1) is 11.3 Å². The standard InChI is InChI=1S/C27H36Cl2N4O2S/c1-15(25(35)33-12-10-32(4)11-13-33)17-8-9-27(3)14-20-22(16(2)21(27)24(17)34)30-26(36-20)31-23-18(28)6-5-7-19(23)29/h5-7,15-17,21,24,34H,8-14H2,1-4H3,(H,30,31)/t15-,16-,17-,21+,24-,27-/m0/s1. The molecule has 2 aliphatic carbocycles. The number of amides is 1. The van der Waals surface area contributed by atoms with Crippen molar-refractivity contribution >= 4 is 51.3 Å². The number of fused-ring (bicyclic) bond motifs is 2. The molecule has 1 aromatic carbocycles. The van der Waals surface area contributed by atoms with Gasteiger partial charge in [-0.3, -0.25) is 4.79 Å². The molecule has 6 nitrogen and oxygen atoms in total. The lowest BCUT2D eigenvalue weighted by molar-refractivity contribution is -0.146. The maximum Gasteiger partial charge on any atom is 0.225 e. The van der Waals surface area contributed by atoms with Crippen molar-refractivity contribution in [1.29, 1.82) is 0 Å². The molecule has 2 N–H and O–H groups in total. The van der Waals surface area contributed by atoms with Gasteiger partial charge in [0.1, 0.15) is 0 Å². The van der Waals surface area contributed by atoms with Crippen molar-refractivity contribution in [3.63, 3.8) is 0 Å². The summed E-state index contributed by atoms with van der Waals surface area (Å²) in [6, 6.07) is 5.44. The normalized spacial score (nSPS) is 31.5. The maximum absolute atomic E-state index is 13.4. The highest BCUT2D eigenvalue weighted by Gasteiger charge is 2.54. The van der Waals surface area contributed by atoms with E-state index in [9.17, 15) is 9.90 Å². The van der Waals surface area contributed by atoms with Crippen molar-refractivity contribution in [3.8, 4) is 0 Å². The van der Waals surface area contributed by atoms with Gasteiger partial charge in [0.25, 0.3) is 0 Å². The number of piperazine rings is 1. The Bertz CT molecular complexity index is 1110. The van der Waals surface area contributed by atoms with Crippen molar-refractivity contribution in [2.24, 2.45) is 23.2 Å². The number of para-hydroxylation sites is 1. The van der Waals surface area contributed by atoms with Gasteiger partial charge in [-0.05, 0) is 55.7 Å². The average Bonchev–Trinajstić information content (AvgIpc) is 3.23. The second-order valence-electron chi connectivity index (χ2n) is 11.3. The number of aromatic nitrogens is 1. The van der Waals surface area contributed by atoms with Crippen LogP contribution in [0.5, 0.6) is 0 Å². The highest BCUT2D eigenvalue weighted by atomic mass is 35.5. The van der Waals surface area contributed by atoms with Crippen LogP contribution in [0.3, 0.4) is 0 Å². The Kier molecular flexibility index (Phi) is 7.33. The van der Waals surface area contributed by atoms with Crippen molar-refractivity contribution in [2.75, 3.05) is 38.5 Å². The number of hydrogen-bond acceptors (Lipinski definition) is 6. The Morgan fingerprint density at radius 2 is 1.92 bits per heavy atom. The minimum atomic E-state index is -0.533. The number of carbonyl (C=O) groups excluding carboxylic acids is 1. The van der Waals surface area contributed by atoms with Crippen LogP contribution in [0.2, 0.25) is 10.0 Å². The lowest BCUT2D eigenvalue weighted by atomic mass is 9.53. The van der Waals surface area contributed by atoms with Gasteiger partial charge in [-0.25, -0.2) is 4.98 Å². The van der Waals surface area contributed by atoms with Crippen molar-refractivity contribution in [1.82, 2.24) is 14.8 Å². The molecule has 2 aromatic rings. The molecule has 1 aliphatic heterocycles. The first-order valence-electron chi connectivity index (χ1n) is 12.9. The number of carbonyl (C=O) groups is 1. The van der Waals surface area contributed by atoms with Crippen molar-refractivity contribution in [3.05, 3.63) is 38.8 Å². The molecule has 9 heteroatoms. The summed E-state index contributed by atoms with van der Waals surface area (Å²) in [6.45, 7) is 9.87. The second kappa shape index (κ2) is 10.1. The van der Waals surface area contributed by atoms with E-state index in [0.29, 0.717) is 15.7 Å². The number of rotatable bonds is 4. The molecule has 3 aliphatic rings. The summed E-state index contributed by atoms with van der Waals surface area (Å²) in [5, 5.41) is 17.0. The predicted octanol–water partition coefficient (Wildman–Crippen LogP) is 5.66. The zero-order valence-electron chi connectivity index (χ0n) is 21.4. The van der Waals surface area contributed by atoms with Crippen molar-refractivity contribution in [2.45, 2.75) is 52.1 Å². The van der Waals surface area contributed by atoms with E-state index in [4.69, 9.17) is 28.2 Å². The van der Waals surface area contributed by atoms with Gasteiger partial charge in [0.05, 0.1) is 27.5 Å². The van der Waals surface area contributed by atoms with E-state index >= 15 is 0 Å². The molecule has 1 aromatic heterocycles. The molecule has 5 rings (SSSR count). The third-order valence-corrected chi connectivity index (χ3v) is 10.6. The lowest BCUT2D eigenvalue weighted by Gasteiger charge is -2.53. The molecular weight excluding hydrogens is 515 g/mol. The first-order chi connectivity index (χ1) is 17.1. The molecule has 36 heavy (non-hydrogen) atoms. The van der Waals surface area contributed by atoms with Crippen LogP contribution in [0.1, 0.15) is 50.1 Å². The zero-order chi connectivity index (χ0) is 25.8. The van der Waals surface area contributed by atoms with Gasteiger partial charge >= 0.3 is 0 Å². The van der Waals surface area contributed by atoms with Crippen LogP contribution in [0.25, 0.3) is 0 Å². The molecule has 1 saturated heterocycles. The molecule has 0 radical (unpaired) electrons. The highest BCUT2D eigenvalue weighted by Crippen LogP contribution is 2.57. The quantitative estimate of drug-likeness (QED) is 0.514. The molecule has 6 atom stereocenters. The fraction of sp³-hybridized carbons (Fsp3) is 0.630. The minimum Gasteiger partial charge on any atom is -0.392 e. The van der Waals surface area contributed by atoms with Gasteiger partial charge < -0.3 is 20.2 Å². The number of thiazole rings is 1. The molecule has 2 heterocycles. The zero-order valence-corrected chi connectivity index (χ0v) is 23.8. The van der Waals surface area contributed by atoms with Crippen LogP contribution < -0.4 is 5.32 Å². The van der Waals surface area contributed by atoms with E-state index in [-0.39, 0.29) is 35.0 Å². The molecule has 0 bridgehead atoms. The van der Waals surface area contributed by atoms with E-state index in [0.717, 1.165) is 56.3 Å². The second-order valence-corrected chi connectivity index (χ2v) is 13.2. The molecule has 1 saturated carbocycles. The summed E-state index contributed by atoms with van der Waals surface area (Å²) in [7, 11) is 2.10. The van der Waals surface area contributed by atoms with E-state index in [1.54, 1.807) is 11.3 Å². The maximum atomic E-state index is 13.4. The third kappa shape index (κ3) is 4.66. The number of likely N-dealkylation sites (N-methyl/N-ethyl adjacent to an activating group) is 1. The number of aliphatic hydroxyl groups is 1. The van der Waals surface area contributed by atoms with Crippen LogP contribution in [-0.4, -0.2) is 65.1 Å². The summed E-state index contributed by atoms with van der Waals surface area (Å²) < 4.78 is 0. The van der Waals surface area contributed by atoms with Gasteiger partial charge in [-0.2, -0.15) is 0 Å². The molecule has 196 valence electrons. The monoisotopic (exact) mass is 550 g/mol. The Balaban J connectivity index is 1.36. The number of nitrogens with one attached hydrogen (secondary N) is 1. The Morgan fingerprint density at radius 1 is 1.25 bits per heavy atom. The summed E-state index contributed by atoms with van der Waals surface area (Å²) >= 11 is 14.4. The van der Waals surface area contributed by atoms with Gasteiger partial charge in [0.15, 0.2) is 5.13 Å². The van der Waals surface area contributed by atoms with E-state index in [2.05, 4.69) is 31.1 Å². The van der Waals surface area contributed by atoms with E-state index in [1.165, 1.54) is 4.88 Å². The fourth-order valence-corrected chi connectivity index (χ4v) is 8.58. The minimum absolute atomic E-state index is 0.0230. The van der Waals surface area contributed by atoms with Crippen LogP contribution in [0, 0.1) is 23.2 Å². The average molecular weight is 552 g/mol. The number of anilines is 2. The lowest BCUT2D eigenvalue weighted by Crippen LogP contribution is -2.55. The van der Waals surface area contributed by atoms with Crippen LogP contribution in [0.15, 0.2) is 18.2 Å². The number of nitrogens with zero attached hydrogens (tertiary/aromatic N) is 3. The Labute approximate surface area is 228 Å². The first-order valence-corrected chi connectivity index (χ1v) is 14.5. The molecular formula is C27H36Cl2N4O2S. The summed E-state index contributed by atoms with van der Waals surface area (Å²) in [5.74, 6) is 0.131. The summed E-state index contributed by atoms with van der Waals surface area (Å²) in [6.07, 6.45) is 2.23. The van der Waals surface area contributed by atoms with Gasteiger partial charge in [0, 0.05) is 42.9 Å². The van der Waals surface area contributed by atoms with E-state index < -0.39 is 6.10 Å². The topological polar surface area (TPSA) is 68.7 Å². The molecule has 0 spiro atoms. The SMILES string of the molecule is C[C@H](C(=O)N1CCN(C)CC1)[C@@H]1CC[C@@]2(C)Cc3sc(Nc4c(Cl)cccc4Cl)nc3[C@@H](C)[C@@H]2[C@H]1O. The number of hydrogen-bond donors (Lipinski definition) is 2. The fourth-order valence-electron chi connectivity index (χ4n) is 6.82. The number of aliphatic hydroxyl groups excluding tert-OH is 1. The largest absolute Gasteiger partial charge is 0.392 e. The van der Waals surface area contributed by atoms with Crippen molar-refractivity contribution < 1.29 is 9.90 Å². The molecule has 0 unspecified atom stereocenters. The highest BCUT2D eigenvalue weighted by molar-refractivity contribution is 7.15. The smallest absolute Gasteiger partial charge is 0.225 e. The summed E-state index contributed by atoms with van der Waals surface area (Å²) in [5.41, 5.74) is 1.69. The van der Waals surface area contributed by atoms with Crippen LogP contribution in [-0.2, 0) is 11.2 Å². The van der Waals surface area contributed by atoms with Gasteiger partial charge in [-0.1, -0.05) is 50.0 Å².